The lowest BCUT2D eigenvalue weighted by Gasteiger charge is -2.28. The van der Waals surface area contributed by atoms with E-state index >= 15 is 0 Å². The molecule has 106 valence electrons. The molecule has 0 unspecified atom stereocenters. The molecule has 2 aliphatic carbocycles. The van der Waals surface area contributed by atoms with Gasteiger partial charge in [-0.3, -0.25) is 9.59 Å². The van der Waals surface area contributed by atoms with Crippen LogP contribution in [0.3, 0.4) is 0 Å². The van der Waals surface area contributed by atoms with Crippen molar-refractivity contribution in [3.8, 4) is 0 Å². The number of fused-ring (bicyclic) bond motifs is 5. The molecule has 3 fully saturated rings. The van der Waals surface area contributed by atoms with Crippen molar-refractivity contribution in [3.63, 3.8) is 0 Å². The minimum Gasteiger partial charge on any atom is -0.360 e. The van der Waals surface area contributed by atoms with Crippen molar-refractivity contribution < 1.29 is 14.1 Å². The molecule has 2 amide bonds. The van der Waals surface area contributed by atoms with Gasteiger partial charge in [-0.1, -0.05) is 37.0 Å². The van der Waals surface area contributed by atoms with Crippen LogP contribution in [0.25, 0.3) is 0 Å². The summed E-state index contributed by atoms with van der Waals surface area (Å²) in [5.41, 5.74) is 0. The molecule has 3 aliphatic rings. The van der Waals surface area contributed by atoms with Crippen molar-refractivity contribution in [1.29, 1.82) is 0 Å². The average molecular weight is 404 g/mol. The minimum absolute atomic E-state index is 0.121. The molecule has 0 spiro atoms. The number of anilines is 1. The predicted molar refractivity (Wildman–Crippen MR) is 77.7 cm³/mol. The number of carbonyl (C=O) groups is 2. The zero-order valence-electron chi connectivity index (χ0n) is 10.6. The van der Waals surface area contributed by atoms with E-state index in [1.807, 2.05) is 0 Å². The summed E-state index contributed by atoms with van der Waals surface area (Å²) in [6.07, 6.45) is 0.935. The summed E-state index contributed by atoms with van der Waals surface area (Å²) in [6.45, 7) is 1.75. The van der Waals surface area contributed by atoms with Crippen LogP contribution in [0.2, 0.25) is 0 Å². The second kappa shape index (κ2) is 4.16. The largest absolute Gasteiger partial charge is 0.360 e. The Morgan fingerprint density at radius 1 is 1.20 bits per heavy atom. The van der Waals surface area contributed by atoms with Crippen LogP contribution in [0, 0.1) is 30.6 Å². The van der Waals surface area contributed by atoms with E-state index in [0.717, 1.165) is 6.42 Å². The van der Waals surface area contributed by atoms with Crippen LogP contribution < -0.4 is 4.90 Å². The quantitative estimate of drug-likeness (QED) is 0.533. The summed E-state index contributed by atoms with van der Waals surface area (Å²) in [7, 11) is 0. The molecule has 0 N–H and O–H groups in total. The number of rotatable bonds is 1. The fourth-order valence-corrected chi connectivity index (χ4v) is 5.91. The molecule has 1 aromatic rings. The van der Waals surface area contributed by atoms with Gasteiger partial charge in [-0.15, -0.1) is 0 Å². The van der Waals surface area contributed by atoms with Crippen molar-refractivity contribution in [3.05, 3.63) is 11.8 Å². The maximum atomic E-state index is 12.6. The van der Waals surface area contributed by atoms with Crippen molar-refractivity contribution in [2.45, 2.75) is 23.0 Å². The highest BCUT2D eigenvalue weighted by Crippen LogP contribution is 2.60. The van der Waals surface area contributed by atoms with Crippen molar-refractivity contribution in [2.75, 3.05) is 4.90 Å². The van der Waals surface area contributed by atoms with E-state index in [4.69, 9.17) is 4.52 Å². The van der Waals surface area contributed by atoms with Crippen molar-refractivity contribution in [2.24, 2.45) is 23.7 Å². The number of aryl methyl sites for hydroxylation is 1. The summed E-state index contributed by atoms with van der Waals surface area (Å²) < 4.78 is 4.99. The molecule has 4 rings (SSSR count). The fourth-order valence-electron chi connectivity index (χ4n) is 4.03. The van der Waals surface area contributed by atoms with Gasteiger partial charge in [0.1, 0.15) is 5.76 Å². The smallest absolute Gasteiger partial charge is 0.239 e. The van der Waals surface area contributed by atoms with Gasteiger partial charge < -0.3 is 4.52 Å². The first-order chi connectivity index (χ1) is 9.50. The van der Waals surface area contributed by atoms with Gasteiger partial charge in [0, 0.05) is 15.7 Å². The van der Waals surface area contributed by atoms with Crippen LogP contribution in [0.1, 0.15) is 12.2 Å². The van der Waals surface area contributed by atoms with E-state index < -0.39 is 0 Å². The van der Waals surface area contributed by atoms with Crippen LogP contribution in [-0.4, -0.2) is 26.6 Å². The summed E-state index contributed by atoms with van der Waals surface area (Å²) in [5, 5.41) is 3.82. The van der Waals surface area contributed by atoms with Crippen LogP contribution in [0.5, 0.6) is 0 Å². The van der Waals surface area contributed by atoms with E-state index in [9.17, 15) is 9.59 Å². The normalized spacial score (nSPS) is 42.6. The lowest BCUT2D eigenvalue weighted by molar-refractivity contribution is -0.123. The maximum absolute atomic E-state index is 12.6. The molecule has 2 bridgehead atoms. The van der Waals surface area contributed by atoms with Gasteiger partial charge in [0.2, 0.25) is 11.8 Å². The zero-order chi connectivity index (χ0) is 14.2. The predicted octanol–water partition coefficient (Wildman–Crippen LogP) is 2.27. The van der Waals surface area contributed by atoms with Crippen LogP contribution in [0.15, 0.2) is 10.6 Å². The lowest BCUT2D eigenvalue weighted by Crippen LogP contribution is -2.37. The van der Waals surface area contributed by atoms with Crippen LogP contribution in [0.4, 0.5) is 5.82 Å². The highest BCUT2D eigenvalue weighted by Gasteiger charge is 2.66. The standard InChI is InChI=1S/C13H12Br2N2O3/c1-4-2-7(16-20-4)17-12(18)8-5-3-6(9(8)13(17)19)11(15)10(5)14/h2,5-6,8-11H,3H2,1H3/t5-,6+,8+,9-,10-,11-/m0/s1. The highest BCUT2D eigenvalue weighted by atomic mass is 79.9. The Hall–Kier alpha value is -0.690. The Morgan fingerprint density at radius 2 is 1.75 bits per heavy atom. The molecule has 20 heavy (non-hydrogen) atoms. The summed E-state index contributed by atoms with van der Waals surface area (Å²) in [5.74, 6) is 0.716. The molecule has 1 aliphatic heterocycles. The Morgan fingerprint density at radius 3 is 2.20 bits per heavy atom. The number of alkyl halides is 2. The van der Waals surface area contributed by atoms with Crippen LogP contribution in [-0.2, 0) is 9.59 Å². The molecule has 2 saturated carbocycles. The topological polar surface area (TPSA) is 63.4 Å². The van der Waals surface area contributed by atoms with Crippen LogP contribution >= 0.6 is 31.9 Å². The van der Waals surface area contributed by atoms with Crippen molar-refractivity contribution in [1.82, 2.24) is 5.16 Å². The number of amides is 2. The van der Waals surface area contributed by atoms with Gasteiger partial charge >= 0.3 is 0 Å². The monoisotopic (exact) mass is 402 g/mol. The third-order valence-corrected chi connectivity index (χ3v) is 8.04. The number of aromatic nitrogens is 1. The first-order valence-corrected chi connectivity index (χ1v) is 8.43. The number of halogens is 2. The van der Waals surface area contributed by atoms with E-state index in [2.05, 4.69) is 37.0 Å². The van der Waals surface area contributed by atoms with Gasteiger partial charge in [0.25, 0.3) is 0 Å². The number of hydrogen-bond donors (Lipinski definition) is 0. The second-order valence-electron chi connectivity index (χ2n) is 5.81. The van der Waals surface area contributed by atoms with E-state index in [-0.39, 0.29) is 45.1 Å². The van der Waals surface area contributed by atoms with Crippen molar-refractivity contribution >= 4 is 49.5 Å². The third-order valence-electron chi connectivity index (χ3n) is 4.83. The molecule has 1 aromatic heterocycles. The van der Waals surface area contributed by atoms with E-state index in [0.29, 0.717) is 11.6 Å². The van der Waals surface area contributed by atoms with Gasteiger partial charge in [-0.2, -0.15) is 0 Å². The number of nitrogens with zero attached hydrogens (tertiary/aromatic N) is 2. The second-order valence-corrected chi connectivity index (χ2v) is 7.93. The minimum atomic E-state index is -0.206. The van der Waals surface area contributed by atoms with E-state index in [1.165, 1.54) is 4.90 Å². The Kier molecular flexibility index (Phi) is 2.71. The Labute approximate surface area is 132 Å². The van der Waals surface area contributed by atoms with Gasteiger partial charge in [0.15, 0.2) is 5.82 Å². The first-order valence-electron chi connectivity index (χ1n) is 6.60. The van der Waals surface area contributed by atoms with Gasteiger partial charge in [-0.25, -0.2) is 4.90 Å². The average Bonchev–Trinajstić information content (AvgIpc) is 3.10. The van der Waals surface area contributed by atoms with Gasteiger partial charge in [0.05, 0.1) is 11.8 Å². The molecular weight excluding hydrogens is 392 g/mol. The Balaban J connectivity index is 1.74. The SMILES string of the molecule is Cc1cc(N2C(=O)[C@@H]3[C@@H]4C[C@@H]([C@H](Br)[C@H]4Br)[C@@H]3C2=O)no1. The molecule has 0 radical (unpaired) electrons. The highest BCUT2D eigenvalue weighted by molar-refractivity contribution is 9.12. The molecule has 0 aromatic carbocycles. The zero-order valence-corrected chi connectivity index (χ0v) is 13.8. The molecule has 7 heteroatoms. The molecule has 1 saturated heterocycles. The third kappa shape index (κ3) is 1.45. The molecule has 5 nitrogen and oxygen atoms in total. The number of carbonyl (C=O) groups excluding carboxylic acids is 2. The number of hydrogen-bond acceptors (Lipinski definition) is 4. The summed E-state index contributed by atoms with van der Waals surface area (Å²) in [4.78, 5) is 27.0. The Bertz CT molecular complexity index is 585. The maximum Gasteiger partial charge on any atom is 0.239 e. The summed E-state index contributed by atoms with van der Waals surface area (Å²) in [6, 6.07) is 1.63. The number of imide groups is 1. The molecule has 6 atom stereocenters. The molecular formula is C13H12Br2N2O3. The van der Waals surface area contributed by atoms with Gasteiger partial charge in [-0.05, 0) is 25.2 Å². The lowest BCUT2D eigenvalue weighted by atomic mass is 9.81. The first kappa shape index (κ1) is 13.0. The van der Waals surface area contributed by atoms with E-state index in [1.54, 1.807) is 13.0 Å². The fraction of sp³-hybridized carbons (Fsp3) is 0.615. The molecule has 2 heterocycles. The summed E-state index contributed by atoms with van der Waals surface area (Å²) >= 11 is 7.32.